The molecule has 0 bridgehead atoms. The number of halogens is 1. The second-order valence-electron chi connectivity index (χ2n) is 5.89. The Kier molecular flexibility index (Phi) is 4.11. The van der Waals surface area contributed by atoms with Gasteiger partial charge in [0.1, 0.15) is 11.2 Å². The highest BCUT2D eigenvalue weighted by molar-refractivity contribution is 6.13. The molecule has 0 radical (unpaired) electrons. The van der Waals surface area contributed by atoms with E-state index in [0.29, 0.717) is 25.1 Å². The summed E-state index contributed by atoms with van der Waals surface area (Å²) in [4.78, 5) is 24.6. The van der Waals surface area contributed by atoms with Crippen LogP contribution in [0.1, 0.15) is 25.7 Å². The summed E-state index contributed by atoms with van der Waals surface area (Å²) in [5.74, 6) is -1.06. The van der Waals surface area contributed by atoms with E-state index in [0.717, 1.165) is 19.4 Å². The van der Waals surface area contributed by atoms with Crippen LogP contribution in [0.15, 0.2) is 24.3 Å². The van der Waals surface area contributed by atoms with Crippen LogP contribution in [-0.4, -0.2) is 31.1 Å². The minimum Gasteiger partial charge on any atom is -0.376 e. The molecule has 1 atom stereocenters. The lowest BCUT2D eigenvalue weighted by atomic mass is 10.0. The van der Waals surface area contributed by atoms with Crippen molar-refractivity contribution in [2.45, 2.75) is 31.8 Å². The van der Waals surface area contributed by atoms with Crippen LogP contribution in [-0.2, 0) is 14.3 Å². The molecule has 1 aromatic carbocycles. The lowest BCUT2D eigenvalue weighted by Crippen LogP contribution is -2.42. The lowest BCUT2D eigenvalue weighted by molar-refractivity contribution is -0.134. The molecule has 3 rings (SSSR count). The second-order valence-corrected chi connectivity index (χ2v) is 5.89. The first-order valence-electron chi connectivity index (χ1n) is 7.57. The largest absolute Gasteiger partial charge is 0.376 e. The zero-order chi connectivity index (χ0) is 15.6. The first-order valence-corrected chi connectivity index (χ1v) is 7.57. The monoisotopic (exact) mass is 306 g/mol. The van der Waals surface area contributed by atoms with E-state index in [2.05, 4.69) is 10.6 Å². The zero-order valence-electron chi connectivity index (χ0n) is 12.2. The summed E-state index contributed by atoms with van der Waals surface area (Å²) in [5.41, 5.74) is -0.645. The molecule has 118 valence electrons. The van der Waals surface area contributed by atoms with Gasteiger partial charge in [-0.15, -0.1) is 0 Å². The van der Waals surface area contributed by atoms with Crippen molar-refractivity contribution in [2.75, 3.05) is 18.5 Å². The molecule has 1 saturated carbocycles. The Labute approximate surface area is 128 Å². The third kappa shape index (κ3) is 3.11. The topological polar surface area (TPSA) is 67.4 Å². The van der Waals surface area contributed by atoms with Crippen LogP contribution in [0.5, 0.6) is 0 Å². The highest BCUT2D eigenvalue weighted by atomic mass is 19.1. The Morgan fingerprint density at radius 3 is 2.77 bits per heavy atom. The predicted octanol–water partition coefficient (Wildman–Crippen LogP) is 1.84. The van der Waals surface area contributed by atoms with Crippen molar-refractivity contribution < 1.29 is 18.7 Å². The van der Waals surface area contributed by atoms with Gasteiger partial charge < -0.3 is 15.4 Å². The minimum absolute atomic E-state index is 0.0473. The summed E-state index contributed by atoms with van der Waals surface area (Å²) in [6.07, 6.45) is 3.02. The van der Waals surface area contributed by atoms with Gasteiger partial charge >= 0.3 is 0 Å². The number of nitrogens with one attached hydrogen (secondary N) is 2. The number of hydrogen-bond donors (Lipinski definition) is 2. The van der Waals surface area contributed by atoms with Crippen LogP contribution in [0.3, 0.4) is 0 Å². The van der Waals surface area contributed by atoms with Gasteiger partial charge in [-0.25, -0.2) is 4.39 Å². The molecule has 1 unspecified atom stereocenters. The van der Waals surface area contributed by atoms with Crippen LogP contribution in [0.25, 0.3) is 0 Å². The van der Waals surface area contributed by atoms with E-state index in [1.807, 2.05) is 0 Å². The molecule has 1 saturated heterocycles. The molecule has 1 heterocycles. The van der Waals surface area contributed by atoms with Gasteiger partial charge in [-0.2, -0.15) is 0 Å². The standard InChI is InChI=1S/C16H19FN2O3/c17-11-3-1-4-12(9-11)19-15(21)16(6-7-16)14(20)18-10-13-5-2-8-22-13/h1,3-4,9,13H,2,5-8,10H2,(H,18,20)(H,19,21). The van der Waals surface area contributed by atoms with Crippen molar-refractivity contribution in [3.63, 3.8) is 0 Å². The van der Waals surface area contributed by atoms with Crippen molar-refractivity contribution in [1.82, 2.24) is 5.32 Å². The van der Waals surface area contributed by atoms with E-state index < -0.39 is 11.2 Å². The summed E-state index contributed by atoms with van der Waals surface area (Å²) in [6, 6.07) is 5.65. The molecule has 0 spiro atoms. The fourth-order valence-electron chi connectivity index (χ4n) is 2.68. The number of amides is 2. The second kappa shape index (κ2) is 6.04. The molecular formula is C16H19FN2O3. The molecule has 1 aromatic rings. The van der Waals surface area contributed by atoms with Crippen LogP contribution in [0.4, 0.5) is 10.1 Å². The maximum absolute atomic E-state index is 13.1. The molecule has 0 aromatic heterocycles. The Balaban J connectivity index is 1.57. The summed E-state index contributed by atoms with van der Waals surface area (Å²) in [7, 11) is 0. The summed E-state index contributed by atoms with van der Waals surface area (Å²) >= 11 is 0. The predicted molar refractivity (Wildman–Crippen MR) is 78.7 cm³/mol. The average Bonchev–Trinajstić information content (AvgIpc) is 3.15. The number of benzene rings is 1. The van der Waals surface area contributed by atoms with E-state index in [1.54, 1.807) is 6.07 Å². The van der Waals surface area contributed by atoms with Crippen molar-refractivity contribution in [3.05, 3.63) is 30.1 Å². The molecule has 1 aliphatic heterocycles. The van der Waals surface area contributed by atoms with E-state index in [4.69, 9.17) is 4.74 Å². The van der Waals surface area contributed by atoms with Gasteiger partial charge in [0, 0.05) is 18.8 Å². The summed E-state index contributed by atoms with van der Waals surface area (Å²) in [6.45, 7) is 1.17. The normalized spacial score (nSPS) is 22.1. The van der Waals surface area contributed by atoms with Gasteiger partial charge in [-0.1, -0.05) is 6.07 Å². The summed E-state index contributed by atoms with van der Waals surface area (Å²) < 4.78 is 18.6. The molecule has 1 aliphatic carbocycles. The molecule has 22 heavy (non-hydrogen) atoms. The fraction of sp³-hybridized carbons (Fsp3) is 0.500. The van der Waals surface area contributed by atoms with Gasteiger partial charge in [0.15, 0.2) is 0 Å². The van der Waals surface area contributed by atoms with Crippen LogP contribution in [0, 0.1) is 11.2 Å². The first-order chi connectivity index (χ1) is 10.6. The Bertz CT molecular complexity index is 581. The van der Waals surface area contributed by atoms with Crippen molar-refractivity contribution in [2.24, 2.45) is 5.41 Å². The third-order valence-electron chi connectivity index (χ3n) is 4.22. The highest BCUT2D eigenvalue weighted by Crippen LogP contribution is 2.46. The molecule has 5 nitrogen and oxygen atoms in total. The quantitative estimate of drug-likeness (QED) is 0.816. The zero-order valence-corrected chi connectivity index (χ0v) is 12.2. The van der Waals surface area contributed by atoms with Gasteiger partial charge in [0.25, 0.3) is 0 Å². The highest BCUT2D eigenvalue weighted by Gasteiger charge is 2.56. The van der Waals surface area contributed by atoms with Crippen LogP contribution in [0.2, 0.25) is 0 Å². The SMILES string of the molecule is O=C(NCC1CCCO1)C1(C(=O)Nc2cccc(F)c2)CC1. The van der Waals surface area contributed by atoms with Crippen LogP contribution >= 0.6 is 0 Å². The number of carbonyl (C=O) groups excluding carboxylic acids is 2. The van der Waals surface area contributed by atoms with Crippen molar-refractivity contribution in [1.29, 1.82) is 0 Å². The maximum Gasteiger partial charge on any atom is 0.240 e. The molecule has 2 aliphatic rings. The Morgan fingerprint density at radius 1 is 1.32 bits per heavy atom. The molecule has 2 fully saturated rings. The number of hydrogen-bond acceptors (Lipinski definition) is 3. The Hall–Kier alpha value is -1.95. The van der Waals surface area contributed by atoms with E-state index in [9.17, 15) is 14.0 Å². The van der Waals surface area contributed by atoms with Gasteiger partial charge in [0.05, 0.1) is 6.10 Å². The average molecular weight is 306 g/mol. The molecule has 2 N–H and O–H groups in total. The molecule has 2 amide bonds. The van der Waals surface area contributed by atoms with Crippen molar-refractivity contribution in [3.8, 4) is 0 Å². The number of carbonyl (C=O) groups is 2. The summed E-state index contributed by atoms with van der Waals surface area (Å²) in [5, 5.41) is 5.43. The van der Waals surface area contributed by atoms with E-state index >= 15 is 0 Å². The molecular weight excluding hydrogens is 287 g/mol. The first kappa shape index (κ1) is 15.0. The smallest absolute Gasteiger partial charge is 0.240 e. The van der Waals surface area contributed by atoms with Gasteiger partial charge in [-0.05, 0) is 43.9 Å². The lowest BCUT2D eigenvalue weighted by Gasteiger charge is -2.17. The fourth-order valence-corrected chi connectivity index (χ4v) is 2.68. The number of rotatable bonds is 5. The molecule has 6 heteroatoms. The van der Waals surface area contributed by atoms with Crippen LogP contribution < -0.4 is 10.6 Å². The minimum atomic E-state index is -1.01. The van der Waals surface area contributed by atoms with Gasteiger partial charge in [0.2, 0.25) is 11.8 Å². The van der Waals surface area contributed by atoms with E-state index in [1.165, 1.54) is 18.2 Å². The van der Waals surface area contributed by atoms with Gasteiger partial charge in [-0.3, -0.25) is 9.59 Å². The van der Waals surface area contributed by atoms with Crippen molar-refractivity contribution >= 4 is 17.5 Å². The maximum atomic E-state index is 13.1. The third-order valence-corrected chi connectivity index (χ3v) is 4.22. The number of ether oxygens (including phenoxy) is 1. The Morgan fingerprint density at radius 2 is 2.14 bits per heavy atom. The number of anilines is 1. The van der Waals surface area contributed by atoms with E-state index in [-0.39, 0.29) is 17.9 Å².